The maximum absolute atomic E-state index is 12.3. The highest BCUT2D eigenvalue weighted by molar-refractivity contribution is 5.86. The van der Waals surface area contributed by atoms with Crippen molar-refractivity contribution in [2.75, 3.05) is 0 Å². The fourth-order valence-electron chi connectivity index (χ4n) is 3.17. The van der Waals surface area contributed by atoms with Crippen LogP contribution >= 0.6 is 0 Å². The zero-order chi connectivity index (χ0) is 25.4. The normalized spacial score (nSPS) is 12.0. The molecule has 3 aromatic rings. The molecule has 0 bridgehead atoms. The number of hydrogen-bond acceptors (Lipinski definition) is 8. The molecule has 2 aromatic carbocycles. The molecule has 0 amide bonds. The average molecular weight is 482 g/mol. The van der Waals surface area contributed by atoms with E-state index in [4.69, 9.17) is 18.6 Å². The van der Waals surface area contributed by atoms with Gasteiger partial charge in [-0.1, -0.05) is 42.5 Å². The van der Waals surface area contributed by atoms with Gasteiger partial charge in [0, 0.05) is 0 Å². The largest absolute Gasteiger partial charge is 0.514 e. The van der Waals surface area contributed by atoms with Gasteiger partial charge in [-0.25, -0.2) is 14.6 Å². The third-order valence-corrected chi connectivity index (χ3v) is 4.71. The minimum absolute atomic E-state index is 0.0348. The SMILES string of the molecule is CC(C)(C)OC(=O)Oc1ccc(CC(CC(=O)O)c2nc(C(=O)OCc3ccccc3)co2)cc1. The fourth-order valence-corrected chi connectivity index (χ4v) is 3.17. The molecule has 1 N–H and O–H groups in total. The van der Waals surface area contributed by atoms with Gasteiger partial charge in [0.1, 0.15) is 24.2 Å². The Morgan fingerprint density at radius 3 is 2.31 bits per heavy atom. The molecule has 184 valence electrons. The van der Waals surface area contributed by atoms with Crippen LogP contribution in [-0.2, 0) is 27.3 Å². The molecule has 9 nitrogen and oxygen atoms in total. The van der Waals surface area contributed by atoms with Gasteiger partial charge in [0.15, 0.2) is 11.6 Å². The Kier molecular flexibility index (Phi) is 8.25. The summed E-state index contributed by atoms with van der Waals surface area (Å²) in [5, 5.41) is 9.35. The number of aromatic nitrogens is 1. The molecule has 3 rings (SSSR count). The maximum atomic E-state index is 12.3. The van der Waals surface area contributed by atoms with Gasteiger partial charge >= 0.3 is 18.1 Å². The van der Waals surface area contributed by atoms with E-state index in [-0.39, 0.29) is 36.8 Å². The van der Waals surface area contributed by atoms with E-state index >= 15 is 0 Å². The van der Waals surface area contributed by atoms with Crippen molar-refractivity contribution in [3.05, 3.63) is 83.6 Å². The first-order valence-electron chi connectivity index (χ1n) is 11.0. The van der Waals surface area contributed by atoms with Crippen molar-refractivity contribution in [2.24, 2.45) is 0 Å². The van der Waals surface area contributed by atoms with Gasteiger partial charge in [-0.2, -0.15) is 0 Å². The summed E-state index contributed by atoms with van der Waals surface area (Å²) in [5.41, 5.74) is 0.878. The molecule has 9 heteroatoms. The van der Waals surface area contributed by atoms with Crippen LogP contribution in [0.25, 0.3) is 0 Å². The fraction of sp³-hybridized carbons (Fsp3) is 0.308. The molecule has 0 aliphatic carbocycles. The Hall–Kier alpha value is -4.14. The van der Waals surface area contributed by atoms with Gasteiger partial charge in [0.2, 0.25) is 0 Å². The van der Waals surface area contributed by atoms with Crippen molar-refractivity contribution in [1.29, 1.82) is 0 Å². The lowest BCUT2D eigenvalue weighted by Crippen LogP contribution is -2.25. The summed E-state index contributed by atoms with van der Waals surface area (Å²) >= 11 is 0. The van der Waals surface area contributed by atoms with Crippen LogP contribution in [0.5, 0.6) is 5.75 Å². The second-order valence-electron chi connectivity index (χ2n) is 8.84. The van der Waals surface area contributed by atoms with Crippen LogP contribution in [0.3, 0.4) is 0 Å². The van der Waals surface area contributed by atoms with Gasteiger partial charge in [-0.3, -0.25) is 4.79 Å². The molecule has 1 unspecified atom stereocenters. The third kappa shape index (κ3) is 8.29. The standard InChI is InChI=1S/C26H27NO8/c1-26(2,3)35-25(31)34-20-11-9-17(10-12-20)13-19(14-22(28)29)23-27-21(16-32-23)24(30)33-15-18-7-5-4-6-8-18/h4-12,16,19H,13-15H2,1-3H3,(H,28,29). The molecule has 0 spiro atoms. The van der Waals surface area contributed by atoms with Crippen LogP contribution in [0.4, 0.5) is 4.79 Å². The van der Waals surface area contributed by atoms with Crippen molar-refractivity contribution in [1.82, 2.24) is 4.98 Å². The zero-order valence-electron chi connectivity index (χ0n) is 19.7. The molecule has 0 aliphatic heterocycles. The van der Waals surface area contributed by atoms with E-state index in [9.17, 15) is 19.5 Å². The average Bonchev–Trinajstić information content (AvgIpc) is 3.28. The van der Waals surface area contributed by atoms with Crippen molar-refractivity contribution >= 4 is 18.1 Å². The van der Waals surface area contributed by atoms with Crippen LogP contribution in [-0.4, -0.2) is 33.8 Å². The predicted molar refractivity (Wildman–Crippen MR) is 124 cm³/mol. The summed E-state index contributed by atoms with van der Waals surface area (Å²) in [6.45, 7) is 5.28. The summed E-state index contributed by atoms with van der Waals surface area (Å²) in [5.74, 6) is -1.92. The maximum Gasteiger partial charge on any atom is 0.514 e. The van der Waals surface area contributed by atoms with Crippen LogP contribution in [0.2, 0.25) is 0 Å². The Morgan fingerprint density at radius 2 is 1.69 bits per heavy atom. The van der Waals surface area contributed by atoms with Gasteiger partial charge < -0.3 is 23.7 Å². The van der Waals surface area contributed by atoms with E-state index in [0.29, 0.717) is 0 Å². The van der Waals surface area contributed by atoms with Gasteiger partial charge in [-0.15, -0.1) is 0 Å². The quantitative estimate of drug-likeness (QED) is 0.326. The van der Waals surface area contributed by atoms with Crippen molar-refractivity contribution < 1.29 is 38.1 Å². The lowest BCUT2D eigenvalue weighted by Gasteiger charge is -2.18. The predicted octanol–water partition coefficient (Wildman–Crippen LogP) is 5.15. The Morgan fingerprint density at radius 1 is 1.00 bits per heavy atom. The summed E-state index contributed by atoms with van der Waals surface area (Å²) in [4.78, 5) is 39.8. The number of rotatable bonds is 9. The van der Waals surface area contributed by atoms with Crippen LogP contribution < -0.4 is 4.74 Å². The second-order valence-corrected chi connectivity index (χ2v) is 8.84. The van der Waals surface area contributed by atoms with Crippen LogP contribution in [0.1, 0.15) is 60.6 Å². The molecule has 0 saturated heterocycles. The van der Waals surface area contributed by atoms with Gasteiger partial charge in [-0.05, 0) is 50.5 Å². The number of carboxylic acid groups (broad SMARTS) is 1. The van der Waals surface area contributed by atoms with Crippen LogP contribution in [0.15, 0.2) is 65.3 Å². The molecule has 0 radical (unpaired) electrons. The minimum atomic E-state index is -1.04. The number of benzene rings is 2. The molecule has 0 aliphatic rings. The monoisotopic (exact) mass is 481 g/mol. The number of aliphatic carboxylic acids is 1. The van der Waals surface area contributed by atoms with E-state index in [2.05, 4.69) is 4.98 Å². The highest BCUT2D eigenvalue weighted by Gasteiger charge is 2.24. The first kappa shape index (κ1) is 25.5. The summed E-state index contributed by atoms with van der Waals surface area (Å²) in [6.07, 6.45) is 0.364. The van der Waals surface area contributed by atoms with E-state index < -0.39 is 29.6 Å². The first-order chi connectivity index (χ1) is 16.6. The third-order valence-electron chi connectivity index (χ3n) is 4.71. The molecule has 1 heterocycles. The molecule has 1 aromatic heterocycles. The lowest BCUT2D eigenvalue weighted by atomic mass is 9.96. The Bertz CT molecular complexity index is 1150. The Balaban J connectivity index is 1.64. The Labute approximate surface area is 202 Å². The van der Waals surface area contributed by atoms with Crippen molar-refractivity contribution in [3.63, 3.8) is 0 Å². The first-order valence-corrected chi connectivity index (χ1v) is 11.0. The molecular weight excluding hydrogens is 454 g/mol. The molecule has 0 fully saturated rings. The zero-order valence-corrected chi connectivity index (χ0v) is 19.7. The number of esters is 1. The van der Waals surface area contributed by atoms with Crippen LogP contribution in [0, 0.1) is 0 Å². The number of oxazole rings is 1. The number of hydrogen-bond donors (Lipinski definition) is 1. The summed E-state index contributed by atoms with van der Waals surface area (Å²) < 4.78 is 21.0. The van der Waals surface area contributed by atoms with Gasteiger partial charge in [0.25, 0.3) is 0 Å². The number of ether oxygens (including phenoxy) is 3. The summed E-state index contributed by atoms with van der Waals surface area (Å²) in [6, 6.07) is 15.8. The summed E-state index contributed by atoms with van der Waals surface area (Å²) in [7, 11) is 0. The lowest BCUT2D eigenvalue weighted by molar-refractivity contribution is -0.137. The molecule has 35 heavy (non-hydrogen) atoms. The van der Waals surface area contributed by atoms with E-state index in [1.54, 1.807) is 45.0 Å². The highest BCUT2D eigenvalue weighted by Crippen LogP contribution is 2.26. The number of carboxylic acids is 1. The number of carbonyl (C=O) groups is 3. The van der Waals surface area contributed by atoms with E-state index in [1.165, 1.54) is 0 Å². The van der Waals surface area contributed by atoms with E-state index in [1.807, 2.05) is 30.3 Å². The molecule has 1 atom stereocenters. The number of carbonyl (C=O) groups excluding carboxylic acids is 2. The van der Waals surface area contributed by atoms with Gasteiger partial charge in [0.05, 0.1) is 12.3 Å². The number of nitrogens with zero attached hydrogens (tertiary/aromatic N) is 1. The topological polar surface area (TPSA) is 125 Å². The second kappa shape index (κ2) is 11.3. The van der Waals surface area contributed by atoms with Crippen molar-refractivity contribution in [2.45, 2.75) is 51.7 Å². The smallest absolute Gasteiger partial charge is 0.481 e. The molecule has 0 saturated carbocycles. The minimum Gasteiger partial charge on any atom is -0.481 e. The van der Waals surface area contributed by atoms with E-state index in [0.717, 1.165) is 17.4 Å². The highest BCUT2D eigenvalue weighted by atomic mass is 16.7. The van der Waals surface area contributed by atoms with Crippen molar-refractivity contribution in [3.8, 4) is 5.75 Å². The molecular formula is C26H27NO8.